The van der Waals surface area contributed by atoms with Gasteiger partial charge in [0.2, 0.25) is 0 Å². The molecule has 5 bridgehead atoms. The first-order chi connectivity index (χ1) is 20.6. The largest absolute Gasteiger partial charge is 0.353 e. The molecule has 1 unspecified atom stereocenters. The lowest BCUT2D eigenvalue weighted by Crippen LogP contribution is -2.65. The summed E-state index contributed by atoms with van der Waals surface area (Å²) < 4.78 is 7.53. The minimum Gasteiger partial charge on any atom is -0.353 e. The first kappa shape index (κ1) is 25.7. The van der Waals surface area contributed by atoms with Gasteiger partial charge in [-0.05, 0) is 101 Å². The fourth-order valence-corrected chi connectivity index (χ4v) is 10.5. The van der Waals surface area contributed by atoms with Crippen LogP contribution in [-0.4, -0.2) is 69.1 Å². The number of aromatic nitrogens is 2. The molecule has 6 heteroatoms. The van der Waals surface area contributed by atoms with Gasteiger partial charge in [0, 0.05) is 53.8 Å². The molecule has 0 radical (unpaired) electrons. The number of benzene rings is 1. The monoisotopic (exact) mass is 562 g/mol. The van der Waals surface area contributed by atoms with Crippen molar-refractivity contribution in [3.8, 4) is 0 Å². The van der Waals surface area contributed by atoms with Crippen LogP contribution >= 0.6 is 0 Å². The van der Waals surface area contributed by atoms with Crippen LogP contribution in [0.2, 0.25) is 0 Å². The number of carbonyl (C=O) groups excluding carboxylic acids is 1. The quantitative estimate of drug-likeness (QED) is 0.338. The van der Waals surface area contributed by atoms with E-state index in [0.29, 0.717) is 30.6 Å². The van der Waals surface area contributed by atoms with Gasteiger partial charge in [0.15, 0.2) is 0 Å². The molecule has 42 heavy (non-hydrogen) atoms. The number of fused-ring (bicyclic) bond motifs is 4. The Bertz CT molecular complexity index is 1640. The van der Waals surface area contributed by atoms with Crippen molar-refractivity contribution in [3.05, 3.63) is 60.5 Å². The summed E-state index contributed by atoms with van der Waals surface area (Å²) in [6, 6.07) is 11.2. The summed E-state index contributed by atoms with van der Waals surface area (Å²) in [6.07, 6.45) is 20.5. The summed E-state index contributed by atoms with van der Waals surface area (Å²) in [5.74, 6) is 0.850. The molecule has 6 atom stereocenters. The highest BCUT2D eigenvalue weighted by Gasteiger charge is 2.77. The third-order valence-corrected chi connectivity index (χ3v) is 11.9. The molecule has 0 saturated carbocycles. The topological polar surface area (TPSA) is 61.5 Å². The average molecular weight is 563 g/mol. The number of ether oxygens (including phenoxy) is 1. The zero-order valence-electron chi connectivity index (χ0n) is 24.6. The van der Waals surface area contributed by atoms with E-state index < -0.39 is 0 Å². The van der Waals surface area contributed by atoms with Gasteiger partial charge in [0.25, 0.3) is 0 Å². The molecule has 7 heterocycles. The van der Waals surface area contributed by atoms with Crippen LogP contribution in [0, 0.1) is 11.3 Å². The van der Waals surface area contributed by atoms with Gasteiger partial charge < -0.3 is 14.6 Å². The van der Waals surface area contributed by atoms with E-state index in [1.165, 1.54) is 47.7 Å². The normalized spacial score (nSPS) is 38.4. The number of H-pyrrole nitrogens is 1. The number of rotatable bonds is 1. The van der Waals surface area contributed by atoms with E-state index in [9.17, 15) is 4.79 Å². The number of Topliss-reactive ketones (excluding diaryl/α,β-unsaturated/α-hetero) is 1. The number of nitrogens with one attached hydrogen (secondary N) is 1. The molecule has 9 rings (SSSR count). The Kier molecular flexibility index (Phi) is 5.71. The summed E-state index contributed by atoms with van der Waals surface area (Å²) >= 11 is 0. The van der Waals surface area contributed by atoms with Crippen molar-refractivity contribution < 1.29 is 9.53 Å². The first-order valence-electron chi connectivity index (χ1n) is 16.6. The summed E-state index contributed by atoms with van der Waals surface area (Å²) in [4.78, 5) is 27.3. The molecule has 6 aliphatic rings. The number of nitrogens with zero attached hydrogens (tertiary/aromatic N) is 3. The van der Waals surface area contributed by atoms with E-state index in [2.05, 4.69) is 63.3 Å². The van der Waals surface area contributed by atoms with E-state index in [0.717, 1.165) is 69.4 Å². The van der Waals surface area contributed by atoms with Crippen LogP contribution in [-0.2, 0) is 9.53 Å². The van der Waals surface area contributed by atoms with Crippen LogP contribution in [0.15, 0.2) is 54.8 Å². The number of pyridine rings is 1. The zero-order chi connectivity index (χ0) is 27.9. The number of aromatic amines is 1. The van der Waals surface area contributed by atoms with E-state index >= 15 is 0 Å². The third-order valence-electron chi connectivity index (χ3n) is 11.9. The maximum Gasteiger partial charge on any atom is 0.133 e. The maximum absolute atomic E-state index is 12.8. The van der Waals surface area contributed by atoms with Gasteiger partial charge in [-0.2, -0.15) is 0 Å². The van der Waals surface area contributed by atoms with Crippen molar-refractivity contribution in [2.45, 2.75) is 88.0 Å². The number of carbonyl (C=O) groups is 1. The molecule has 4 fully saturated rings. The van der Waals surface area contributed by atoms with E-state index in [-0.39, 0.29) is 16.7 Å². The highest BCUT2D eigenvalue weighted by Crippen LogP contribution is 2.70. The molecule has 1 aliphatic carbocycles. The van der Waals surface area contributed by atoms with Crippen LogP contribution in [0.5, 0.6) is 0 Å². The van der Waals surface area contributed by atoms with Crippen molar-refractivity contribution in [2.75, 3.05) is 26.2 Å². The van der Waals surface area contributed by atoms with Crippen LogP contribution in [0.25, 0.3) is 27.4 Å². The fraction of sp³-hybridized carbons (Fsp3) is 0.556. The SMILES string of the molecule is O=C1CCCN2[C@@H]3[C@@]45CN6CCCCC=CCC[C@]3(C=C(c3nccc7c3[nH]c3ccccc37)[C@@H]4CC6)O[C@@]2(CC1)C5. The second-order valence-corrected chi connectivity index (χ2v) is 14.1. The van der Waals surface area contributed by atoms with Crippen molar-refractivity contribution >= 4 is 33.2 Å². The molecule has 2 aromatic heterocycles. The molecule has 3 aromatic rings. The van der Waals surface area contributed by atoms with Gasteiger partial charge in [-0.25, -0.2) is 0 Å². The molecule has 1 N–H and O–H groups in total. The molecule has 4 saturated heterocycles. The molecule has 1 spiro atoms. The second-order valence-electron chi connectivity index (χ2n) is 14.1. The predicted molar refractivity (Wildman–Crippen MR) is 166 cm³/mol. The molecule has 5 aliphatic heterocycles. The van der Waals surface area contributed by atoms with Gasteiger partial charge in [-0.15, -0.1) is 0 Å². The van der Waals surface area contributed by atoms with Gasteiger partial charge in [0.1, 0.15) is 17.1 Å². The lowest BCUT2D eigenvalue weighted by molar-refractivity contribution is -0.180. The Morgan fingerprint density at radius 3 is 2.86 bits per heavy atom. The third kappa shape index (κ3) is 3.55. The number of para-hydroxylation sites is 1. The van der Waals surface area contributed by atoms with Crippen molar-refractivity contribution in [1.29, 1.82) is 0 Å². The molecule has 6 nitrogen and oxygen atoms in total. The van der Waals surface area contributed by atoms with Crippen LogP contribution in [0.1, 0.15) is 76.3 Å². The Hall–Kier alpha value is -2.80. The van der Waals surface area contributed by atoms with Crippen LogP contribution < -0.4 is 0 Å². The van der Waals surface area contributed by atoms with Crippen LogP contribution in [0.3, 0.4) is 0 Å². The van der Waals surface area contributed by atoms with Gasteiger partial charge >= 0.3 is 0 Å². The maximum atomic E-state index is 12.8. The summed E-state index contributed by atoms with van der Waals surface area (Å²) in [7, 11) is 0. The van der Waals surface area contributed by atoms with Gasteiger partial charge in [-0.1, -0.05) is 30.4 Å². The minimum absolute atomic E-state index is 0.0988. The Morgan fingerprint density at radius 2 is 1.88 bits per heavy atom. The number of hydrogen-bond donors (Lipinski definition) is 1. The minimum atomic E-state index is -0.366. The molecule has 1 aromatic carbocycles. The molecular weight excluding hydrogens is 520 g/mol. The van der Waals surface area contributed by atoms with Crippen LogP contribution in [0.4, 0.5) is 0 Å². The molecule has 218 valence electrons. The predicted octanol–water partition coefficient (Wildman–Crippen LogP) is 6.62. The van der Waals surface area contributed by atoms with E-state index in [4.69, 9.17) is 9.72 Å². The first-order valence-corrected chi connectivity index (χ1v) is 16.6. The molecular formula is C36H42N4O2. The number of allylic oxidation sites excluding steroid dienone is 3. The van der Waals surface area contributed by atoms with Gasteiger partial charge in [0.05, 0.1) is 17.3 Å². The van der Waals surface area contributed by atoms with Gasteiger partial charge in [-0.3, -0.25) is 14.7 Å². The van der Waals surface area contributed by atoms with Crippen molar-refractivity contribution in [1.82, 2.24) is 19.8 Å². The highest BCUT2D eigenvalue weighted by atomic mass is 16.6. The number of ketones is 1. The Morgan fingerprint density at radius 1 is 0.952 bits per heavy atom. The molecule has 0 amide bonds. The standard InChI is InChI=1S/C36H42N4O2/c41-25-10-9-20-40-33-34-23-36(40,17-13-25)42-35(33)16-7-3-1-2-4-8-19-39(24-34)21-15-29(34)28(22-35)31-32-27(14-18-37-31)26-11-5-6-12-30(26)38-32/h1,3,5-6,11-12,14,18,22,29,33,38H,2,4,7-10,13,15-17,19-21,23-24H2/t29-,33+,34-,35+,36-/m0/s1. The fourth-order valence-electron chi connectivity index (χ4n) is 10.5. The highest BCUT2D eigenvalue weighted by molar-refractivity contribution is 6.09. The van der Waals surface area contributed by atoms with E-state index in [1.807, 2.05) is 6.20 Å². The smallest absolute Gasteiger partial charge is 0.133 e. The van der Waals surface area contributed by atoms with Crippen molar-refractivity contribution in [3.63, 3.8) is 0 Å². The number of hydrogen-bond acceptors (Lipinski definition) is 5. The summed E-state index contributed by atoms with van der Waals surface area (Å²) in [5, 5.41) is 2.52. The van der Waals surface area contributed by atoms with E-state index in [1.54, 1.807) is 0 Å². The second kappa shape index (κ2) is 9.35. The number of piperidine rings is 1. The zero-order valence-corrected chi connectivity index (χ0v) is 24.6. The summed E-state index contributed by atoms with van der Waals surface area (Å²) in [5.41, 5.74) is 4.28. The summed E-state index contributed by atoms with van der Waals surface area (Å²) in [6.45, 7) is 4.44. The lowest BCUT2D eigenvalue weighted by atomic mass is 9.53. The van der Waals surface area contributed by atoms with Crippen molar-refractivity contribution in [2.24, 2.45) is 11.3 Å². The average Bonchev–Trinajstić information content (AvgIpc) is 3.58. The Balaban J connectivity index is 1.27. The Labute approximate surface area is 248 Å². The lowest BCUT2D eigenvalue weighted by Gasteiger charge is -2.59.